The number of rotatable bonds is 6. The van der Waals surface area contributed by atoms with Gasteiger partial charge in [0.05, 0.1) is 13.2 Å². The first-order valence-corrected chi connectivity index (χ1v) is 5.46. The molecule has 0 rings (SSSR count). The molecule has 0 heterocycles. The first-order chi connectivity index (χ1) is 7.70. The molecule has 0 bridgehead atoms. The van der Waals surface area contributed by atoms with E-state index in [0.29, 0.717) is 6.61 Å². The molecule has 0 aromatic heterocycles. The zero-order valence-corrected chi connectivity index (χ0v) is 9.77. The van der Waals surface area contributed by atoms with Crippen molar-refractivity contribution in [2.24, 2.45) is 10.2 Å². The average Bonchev–Trinajstić information content (AvgIpc) is 2.26. The molecule has 0 aromatic rings. The molecule has 0 N–H and O–H groups in total. The highest BCUT2D eigenvalue weighted by atomic mass is 16.6. The molecule has 2 amide bonds. The maximum atomic E-state index is 10.9. The maximum Gasteiger partial charge on any atom is 0.452 e. The Balaban J connectivity index is 3.54. The van der Waals surface area contributed by atoms with Crippen LogP contribution in [0.3, 0.4) is 0 Å². The van der Waals surface area contributed by atoms with E-state index in [1.807, 2.05) is 0 Å². The third kappa shape index (κ3) is 9.11. The summed E-state index contributed by atoms with van der Waals surface area (Å²) in [6.45, 7) is 4.24. The molecule has 16 heavy (non-hydrogen) atoms. The molecule has 6 nitrogen and oxygen atoms in total. The summed E-state index contributed by atoms with van der Waals surface area (Å²) in [4.78, 5) is 21.6. The highest BCUT2D eigenvalue weighted by Crippen LogP contribution is 1.99. The molecule has 0 aromatic carbocycles. The molecule has 0 saturated carbocycles. The van der Waals surface area contributed by atoms with Crippen LogP contribution in [0.2, 0.25) is 0 Å². The molecule has 92 valence electrons. The van der Waals surface area contributed by atoms with E-state index < -0.39 is 12.2 Å². The van der Waals surface area contributed by atoms with E-state index in [2.05, 4.69) is 21.9 Å². The lowest BCUT2D eigenvalue weighted by Gasteiger charge is -1.99. The first kappa shape index (κ1) is 14.5. The Kier molecular flexibility index (Phi) is 9.15. The van der Waals surface area contributed by atoms with Crippen molar-refractivity contribution < 1.29 is 19.1 Å². The van der Waals surface area contributed by atoms with Gasteiger partial charge < -0.3 is 9.47 Å². The van der Waals surface area contributed by atoms with Crippen molar-refractivity contribution in [3.8, 4) is 0 Å². The van der Waals surface area contributed by atoms with Gasteiger partial charge in [-0.05, 0) is 13.3 Å². The topological polar surface area (TPSA) is 77.3 Å². The van der Waals surface area contributed by atoms with E-state index in [0.717, 1.165) is 25.7 Å². The first-order valence-electron chi connectivity index (χ1n) is 5.46. The molecule has 0 aliphatic carbocycles. The second kappa shape index (κ2) is 10.1. The lowest BCUT2D eigenvalue weighted by molar-refractivity contribution is 0.147. The van der Waals surface area contributed by atoms with E-state index in [-0.39, 0.29) is 6.61 Å². The molecule has 0 unspecified atom stereocenters. The number of hydrogen-bond acceptors (Lipinski definition) is 4. The standard InChI is InChI=1S/C10H18N2O4/c1-3-5-6-7-8-16-10(14)12-11-9(13)15-4-2/h3-8H2,1-2H3/b12-11+. The van der Waals surface area contributed by atoms with Gasteiger partial charge in [0.25, 0.3) is 0 Å². The Morgan fingerprint density at radius 1 is 0.938 bits per heavy atom. The summed E-state index contributed by atoms with van der Waals surface area (Å²) in [5.41, 5.74) is 0. The maximum absolute atomic E-state index is 10.9. The minimum atomic E-state index is -0.884. The molecular formula is C10H18N2O4. The number of ether oxygens (including phenoxy) is 2. The van der Waals surface area contributed by atoms with Gasteiger partial charge in [-0.1, -0.05) is 36.4 Å². The molecule has 0 atom stereocenters. The Bertz CT molecular complexity index is 241. The number of amides is 2. The lowest BCUT2D eigenvalue weighted by atomic mass is 10.2. The number of carbonyl (C=O) groups excluding carboxylic acids is 2. The fraction of sp³-hybridized carbons (Fsp3) is 0.800. The quantitative estimate of drug-likeness (QED) is 0.518. The molecule has 0 spiro atoms. The number of unbranched alkanes of at least 4 members (excludes halogenated alkanes) is 3. The molecule has 0 radical (unpaired) electrons. The smallest absolute Gasteiger partial charge is 0.447 e. The lowest BCUT2D eigenvalue weighted by Crippen LogP contribution is -2.02. The Morgan fingerprint density at radius 2 is 1.56 bits per heavy atom. The third-order valence-corrected chi connectivity index (χ3v) is 1.70. The van der Waals surface area contributed by atoms with Gasteiger partial charge in [0.15, 0.2) is 0 Å². The molecule has 0 aliphatic heterocycles. The second-order valence-corrected chi connectivity index (χ2v) is 3.07. The summed E-state index contributed by atoms with van der Waals surface area (Å²) >= 11 is 0. The van der Waals surface area contributed by atoms with Crippen molar-refractivity contribution >= 4 is 12.2 Å². The van der Waals surface area contributed by atoms with E-state index in [4.69, 9.17) is 4.74 Å². The predicted molar refractivity (Wildman–Crippen MR) is 57.4 cm³/mol. The predicted octanol–water partition coefficient (Wildman–Crippen LogP) is 3.31. The molecule has 6 heteroatoms. The van der Waals surface area contributed by atoms with Crippen LogP contribution in [0.1, 0.15) is 39.5 Å². The van der Waals surface area contributed by atoms with Crippen LogP contribution in [0.15, 0.2) is 10.2 Å². The van der Waals surface area contributed by atoms with E-state index in [1.165, 1.54) is 0 Å². The van der Waals surface area contributed by atoms with Crippen LogP contribution < -0.4 is 0 Å². The normalized spacial score (nSPS) is 10.4. The van der Waals surface area contributed by atoms with Gasteiger partial charge >= 0.3 is 12.2 Å². The third-order valence-electron chi connectivity index (χ3n) is 1.70. The summed E-state index contributed by atoms with van der Waals surface area (Å²) < 4.78 is 9.15. The van der Waals surface area contributed by atoms with E-state index in [9.17, 15) is 9.59 Å². The van der Waals surface area contributed by atoms with Crippen molar-refractivity contribution in [3.63, 3.8) is 0 Å². The van der Waals surface area contributed by atoms with Crippen LogP contribution in [-0.2, 0) is 9.47 Å². The minimum absolute atomic E-state index is 0.198. The zero-order chi connectivity index (χ0) is 12.2. The molecule has 0 fully saturated rings. The molecule has 0 saturated heterocycles. The Morgan fingerprint density at radius 3 is 2.12 bits per heavy atom. The average molecular weight is 230 g/mol. The van der Waals surface area contributed by atoms with Gasteiger partial charge in [0.2, 0.25) is 0 Å². The molecular weight excluding hydrogens is 212 g/mol. The number of carbonyl (C=O) groups is 2. The highest BCUT2D eigenvalue weighted by molar-refractivity contribution is 5.73. The summed E-state index contributed by atoms with van der Waals surface area (Å²) in [6, 6.07) is 0. The van der Waals surface area contributed by atoms with Gasteiger partial charge in [-0.25, -0.2) is 9.59 Å². The number of nitrogens with zero attached hydrogens (tertiary/aromatic N) is 2. The van der Waals surface area contributed by atoms with E-state index in [1.54, 1.807) is 6.92 Å². The fourth-order valence-electron chi connectivity index (χ4n) is 0.951. The van der Waals surface area contributed by atoms with Crippen molar-refractivity contribution in [1.82, 2.24) is 0 Å². The van der Waals surface area contributed by atoms with Crippen LogP contribution in [0, 0.1) is 0 Å². The monoisotopic (exact) mass is 230 g/mol. The van der Waals surface area contributed by atoms with Crippen LogP contribution in [0.25, 0.3) is 0 Å². The number of hydrogen-bond donors (Lipinski definition) is 0. The van der Waals surface area contributed by atoms with Crippen LogP contribution in [-0.4, -0.2) is 25.4 Å². The van der Waals surface area contributed by atoms with Gasteiger partial charge in [-0.3, -0.25) is 0 Å². The largest absolute Gasteiger partial charge is 0.452 e. The summed E-state index contributed by atoms with van der Waals surface area (Å²) in [7, 11) is 0. The van der Waals surface area contributed by atoms with Crippen LogP contribution >= 0.6 is 0 Å². The van der Waals surface area contributed by atoms with Gasteiger partial charge in [-0.15, -0.1) is 0 Å². The van der Waals surface area contributed by atoms with Crippen molar-refractivity contribution in [3.05, 3.63) is 0 Å². The van der Waals surface area contributed by atoms with Crippen molar-refractivity contribution in [2.75, 3.05) is 13.2 Å². The van der Waals surface area contributed by atoms with Gasteiger partial charge in [0.1, 0.15) is 0 Å². The Labute approximate surface area is 95.0 Å². The van der Waals surface area contributed by atoms with Crippen molar-refractivity contribution in [1.29, 1.82) is 0 Å². The van der Waals surface area contributed by atoms with Crippen molar-refractivity contribution in [2.45, 2.75) is 39.5 Å². The van der Waals surface area contributed by atoms with Crippen LogP contribution in [0.4, 0.5) is 9.59 Å². The SMILES string of the molecule is CCCCCCOC(=O)/N=N/C(=O)OCC. The molecule has 0 aliphatic rings. The van der Waals surface area contributed by atoms with Gasteiger partial charge in [-0.2, -0.15) is 0 Å². The summed E-state index contributed by atoms with van der Waals surface area (Å²) in [5, 5.41) is 6.07. The minimum Gasteiger partial charge on any atom is -0.447 e. The van der Waals surface area contributed by atoms with E-state index >= 15 is 0 Å². The fourth-order valence-corrected chi connectivity index (χ4v) is 0.951. The summed E-state index contributed by atoms with van der Waals surface area (Å²) in [5.74, 6) is 0. The summed E-state index contributed by atoms with van der Waals surface area (Å²) in [6.07, 6.45) is 2.31. The number of azo groups is 1. The van der Waals surface area contributed by atoms with Gasteiger partial charge in [0, 0.05) is 0 Å². The Hall–Kier alpha value is -1.46. The second-order valence-electron chi connectivity index (χ2n) is 3.07. The highest BCUT2D eigenvalue weighted by Gasteiger charge is 2.02. The van der Waals surface area contributed by atoms with Crippen LogP contribution in [0.5, 0.6) is 0 Å². The zero-order valence-electron chi connectivity index (χ0n) is 9.77.